The summed E-state index contributed by atoms with van der Waals surface area (Å²) in [4.78, 5) is 39.8. The molecule has 1 saturated heterocycles. The predicted octanol–water partition coefficient (Wildman–Crippen LogP) is 3.47. The van der Waals surface area contributed by atoms with Gasteiger partial charge in [-0.3, -0.25) is 19.7 Å². The van der Waals surface area contributed by atoms with Crippen molar-refractivity contribution in [2.75, 3.05) is 12.4 Å². The van der Waals surface area contributed by atoms with Crippen molar-refractivity contribution in [3.05, 3.63) is 57.6 Å². The van der Waals surface area contributed by atoms with E-state index in [4.69, 9.17) is 4.74 Å². The minimum atomic E-state index is -0.675. The van der Waals surface area contributed by atoms with Crippen LogP contribution < -0.4 is 15.4 Å². The van der Waals surface area contributed by atoms with E-state index in [1.807, 2.05) is 32.0 Å². The Bertz CT molecular complexity index is 1050. The van der Waals surface area contributed by atoms with Crippen LogP contribution in [0.3, 0.4) is 0 Å². The molecule has 2 aromatic carbocycles. The predicted molar refractivity (Wildman–Crippen MR) is 115 cm³/mol. The molecule has 156 valence electrons. The van der Waals surface area contributed by atoms with Crippen molar-refractivity contribution in [2.24, 2.45) is 4.99 Å². The summed E-state index contributed by atoms with van der Waals surface area (Å²) in [6.45, 7) is 3.88. The van der Waals surface area contributed by atoms with Gasteiger partial charge in [0.15, 0.2) is 5.17 Å². The quantitative estimate of drug-likeness (QED) is 0.536. The molecular formula is C20H20N4O5S. The molecular weight excluding hydrogens is 408 g/mol. The third kappa shape index (κ3) is 4.95. The Morgan fingerprint density at radius 1 is 1.30 bits per heavy atom. The Balaban J connectivity index is 1.69. The fourth-order valence-electron chi connectivity index (χ4n) is 2.81. The van der Waals surface area contributed by atoms with Gasteiger partial charge in [0.25, 0.3) is 5.69 Å². The molecule has 30 heavy (non-hydrogen) atoms. The molecule has 0 aromatic heterocycles. The largest absolute Gasteiger partial charge is 0.496 e. The second-order valence-electron chi connectivity index (χ2n) is 6.70. The molecule has 1 atom stereocenters. The van der Waals surface area contributed by atoms with E-state index in [2.05, 4.69) is 15.6 Å². The number of aliphatic imine (C=N–C) groups is 1. The summed E-state index contributed by atoms with van der Waals surface area (Å²) in [5, 5.41) is 16.2. The number of benzene rings is 2. The second-order valence-corrected chi connectivity index (χ2v) is 7.89. The molecule has 1 heterocycles. The average Bonchev–Trinajstić information content (AvgIpc) is 3.03. The summed E-state index contributed by atoms with van der Waals surface area (Å²) < 4.78 is 4.98. The van der Waals surface area contributed by atoms with Crippen LogP contribution in [0.4, 0.5) is 17.1 Å². The van der Waals surface area contributed by atoms with Crippen LogP contribution in [0.1, 0.15) is 17.5 Å². The van der Waals surface area contributed by atoms with Gasteiger partial charge in [-0.15, -0.1) is 0 Å². The normalized spacial score (nSPS) is 17.0. The van der Waals surface area contributed by atoms with Crippen LogP contribution in [0.2, 0.25) is 0 Å². The van der Waals surface area contributed by atoms with Gasteiger partial charge in [-0.25, -0.2) is 4.99 Å². The summed E-state index contributed by atoms with van der Waals surface area (Å²) >= 11 is 1.16. The maximum Gasteiger partial charge on any atom is 0.296 e. The highest BCUT2D eigenvalue weighted by Gasteiger charge is 2.32. The number of hydrogen-bond acceptors (Lipinski definition) is 7. The van der Waals surface area contributed by atoms with Crippen LogP contribution in [0.15, 0.2) is 41.4 Å². The molecule has 1 aliphatic heterocycles. The number of carbonyl (C=O) groups excluding carboxylic acids is 2. The number of anilines is 1. The lowest BCUT2D eigenvalue weighted by molar-refractivity contribution is -0.384. The molecule has 2 amide bonds. The summed E-state index contributed by atoms with van der Waals surface area (Å²) in [7, 11) is 1.39. The van der Waals surface area contributed by atoms with Crippen LogP contribution in [0.5, 0.6) is 5.75 Å². The Morgan fingerprint density at radius 2 is 2.07 bits per heavy atom. The Kier molecular flexibility index (Phi) is 6.36. The van der Waals surface area contributed by atoms with Crippen molar-refractivity contribution in [3.8, 4) is 5.75 Å². The van der Waals surface area contributed by atoms with Crippen LogP contribution in [-0.2, 0) is 9.59 Å². The number of amidine groups is 1. The number of methoxy groups -OCH3 is 1. The first-order valence-corrected chi connectivity index (χ1v) is 9.90. The van der Waals surface area contributed by atoms with Gasteiger partial charge in [0, 0.05) is 6.42 Å². The first-order chi connectivity index (χ1) is 14.3. The number of rotatable bonds is 6. The zero-order valence-electron chi connectivity index (χ0n) is 16.6. The fraction of sp³-hybridized carbons (Fsp3) is 0.250. The zero-order chi connectivity index (χ0) is 21.8. The monoisotopic (exact) mass is 428 g/mol. The van der Waals surface area contributed by atoms with Gasteiger partial charge in [0.2, 0.25) is 11.8 Å². The van der Waals surface area contributed by atoms with E-state index in [9.17, 15) is 19.7 Å². The highest BCUT2D eigenvalue weighted by atomic mass is 32.2. The molecule has 0 unspecified atom stereocenters. The lowest BCUT2D eigenvalue weighted by Gasteiger charge is -2.09. The number of ether oxygens (including phenoxy) is 1. The lowest BCUT2D eigenvalue weighted by atomic mass is 10.1. The number of nitrogens with zero attached hydrogens (tertiary/aromatic N) is 2. The first kappa shape index (κ1) is 21.3. The number of aryl methyl sites for hydroxylation is 2. The molecule has 1 aliphatic rings. The van der Waals surface area contributed by atoms with E-state index in [1.54, 1.807) is 0 Å². The Hall–Kier alpha value is -3.40. The summed E-state index contributed by atoms with van der Waals surface area (Å²) in [6.07, 6.45) is -0.147. The van der Waals surface area contributed by atoms with E-state index < -0.39 is 16.1 Å². The van der Waals surface area contributed by atoms with Crippen LogP contribution in [-0.4, -0.2) is 34.3 Å². The number of carbonyl (C=O) groups is 2. The molecule has 9 nitrogen and oxygen atoms in total. The number of nitro groups is 1. The highest BCUT2D eigenvalue weighted by Crippen LogP contribution is 2.31. The molecule has 10 heteroatoms. The molecule has 3 rings (SSSR count). The summed E-state index contributed by atoms with van der Waals surface area (Å²) in [5.41, 5.74) is 2.51. The van der Waals surface area contributed by atoms with Crippen LogP contribution in [0, 0.1) is 24.0 Å². The highest BCUT2D eigenvalue weighted by molar-refractivity contribution is 8.15. The zero-order valence-corrected chi connectivity index (χ0v) is 17.4. The minimum absolute atomic E-state index is 0.0403. The minimum Gasteiger partial charge on any atom is -0.496 e. The standard InChI is InChI=1S/C20H20N4O5S/c1-11-4-5-12(2)15(8-11)22-20-23-19(26)17(30-20)10-18(25)21-14-7-6-13(29-3)9-16(14)24(27)28/h4-9,17H,10H2,1-3H3,(H,21,25)(H,22,23,26)/t17-/m0/s1. The molecule has 2 N–H and O–H groups in total. The maximum atomic E-state index is 12.4. The topological polar surface area (TPSA) is 123 Å². The number of thioether (sulfide) groups is 1. The SMILES string of the molecule is COc1ccc(NC(=O)C[C@@H]2SC(=Nc3cc(C)ccc3C)NC2=O)c([N+](=O)[O-])c1. The van der Waals surface area contributed by atoms with Crippen LogP contribution >= 0.6 is 11.8 Å². The van der Waals surface area contributed by atoms with Gasteiger partial charge in [-0.1, -0.05) is 23.9 Å². The van der Waals surface area contributed by atoms with Gasteiger partial charge < -0.3 is 15.4 Å². The van der Waals surface area contributed by atoms with Gasteiger partial charge >= 0.3 is 0 Å². The van der Waals surface area contributed by atoms with Gasteiger partial charge in [0.1, 0.15) is 16.7 Å². The maximum absolute atomic E-state index is 12.4. The molecule has 0 bridgehead atoms. The molecule has 0 saturated carbocycles. The lowest BCUT2D eigenvalue weighted by Crippen LogP contribution is -2.28. The fourth-order valence-corrected chi connectivity index (χ4v) is 3.79. The number of nitrogens with one attached hydrogen (secondary N) is 2. The van der Waals surface area contributed by atoms with Crippen molar-refractivity contribution in [1.29, 1.82) is 0 Å². The van der Waals surface area contributed by atoms with Crippen molar-refractivity contribution in [2.45, 2.75) is 25.5 Å². The van der Waals surface area contributed by atoms with Crippen molar-refractivity contribution < 1.29 is 19.2 Å². The Morgan fingerprint density at radius 3 is 2.77 bits per heavy atom. The number of amides is 2. The van der Waals surface area contributed by atoms with Crippen molar-refractivity contribution in [3.63, 3.8) is 0 Å². The molecule has 2 aromatic rings. The summed E-state index contributed by atoms with van der Waals surface area (Å²) in [6, 6.07) is 9.96. The Labute approximate surface area is 177 Å². The number of nitro benzene ring substituents is 1. The molecule has 0 aliphatic carbocycles. The van der Waals surface area contributed by atoms with E-state index in [1.165, 1.54) is 25.3 Å². The third-order valence-corrected chi connectivity index (χ3v) is 5.49. The van der Waals surface area contributed by atoms with Crippen molar-refractivity contribution in [1.82, 2.24) is 5.32 Å². The van der Waals surface area contributed by atoms with Gasteiger partial charge in [-0.2, -0.15) is 0 Å². The van der Waals surface area contributed by atoms with E-state index >= 15 is 0 Å². The van der Waals surface area contributed by atoms with Crippen molar-refractivity contribution >= 4 is 45.8 Å². The smallest absolute Gasteiger partial charge is 0.296 e. The second kappa shape index (κ2) is 8.95. The van der Waals surface area contributed by atoms with E-state index in [0.29, 0.717) is 10.9 Å². The van der Waals surface area contributed by atoms with E-state index in [0.717, 1.165) is 28.6 Å². The van der Waals surface area contributed by atoms with E-state index in [-0.39, 0.29) is 23.7 Å². The van der Waals surface area contributed by atoms with Gasteiger partial charge in [0.05, 0.1) is 23.8 Å². The first-order valence-electron chi connectivity index (χ1n) is 9.02. The average molecular weight is 428 g/mol. The summed E-state index contributed by atoms with van der Waals surface area (Å²) in [5.74, 6) is -0.537. The molecule has 0 radical (unpaired) electrons. The number of hydrogen-bond donors (Lipinski definition) is 2. The van der Waals surface area contributed by atoms with Crippen LogP contribution in [0.25, 0.3) is 0 Å². The molecule has 0 spiro atoms. The van der Waals surface area contributed by atoms with Gasteiger partial charge in [-0.05, 0) is 43.2 Å². The molecule has 1 fully saturated rings. The third-order valence-electron chi connectivity index (χ3n) is 4.41.